The second-order valence-corrected chi connectivity index (χ2v) is 10.7. The molecule has 2 aromatic carbocycles. The van der Waals surface area contributed by atoms with Crippen molar-refractivity contribution < 1.29 is 23.8 Å². The largest absolute Gasteiger partial charge is 0.479 e. The van der Waals surface area contributed by atoms with Gasteiger partial charge >= 0.3 is 6.01 Å². The number of hydrogen-bond donors (Lipinski definition) is 2. The number of benzene rings is 2. The van der Waals surface area contributed by atoms with Gasteiger partial charge in [0.15, 0.2) is 11.8 Å². The minimum atomic E-state index is -1.66. The lowest BCUT2D eigenvalue weighted by Gasteiger charge is -2.39. The number of aliphatic hydroxyl groups is 1. The predicted molar refractivity (Wildman–Crippen MR) is 148 cm³/mol. The van der Waals surface area contributed by atoms with E-state index in [1.54, 1.807) is 35.2 Å². The first-order valence-corrected chi connectivity index (χ1v) is 13.1. The highest BCUT2D eigenvalue weighted by Gasteiger charge is 2.63. The average Bonchev–Trinajstić information content (AvgIpc) is 3.53. The quantitative estimate of drug-likeness (QED) is 0.317. The number of amides is 1. The molecule has 0 bridgehead atoms. The van der Waals surface area contributed by atoms with E-state index in [1.807, 2.05) is 13.8 Å². The van der Waals surface area contributed by atoms with E-state index in [9.17, 15) is 9.90 Å². The summed E-state index contributed by atoms with van der Waals surface area (Å²) in [6.07, 6.45) is 1.81. The molecule has 2 N–H and O–H groups in total. The first kappa shape index (κ1) is 26.4. The van der Waals surface area contributed by atoms with Gasteiger partial charge in [0.2, 0.25) is 5.88 Å². The van der Waals surface area contributed by atoms with Crippen LogP contribution in [0.25, 0.3) is 5.69 Å². The first-order chi connectivity index (χ1) is 19.1. The Balaban J connectivity index is 1.72. The molecular weight excluding hydrogens is 560 g/mol. The fraction of sp³-hybridized carbons (Fsp3) is 0.250. The third-order valence-electron chi connectivity index (χ3n) is 7.33. The van der Waals surface area contributed by atoms with Gasteiger partial charge in [-0.1, -0.05) is 43.1 Å². The maximum atomic E-state index is 15.5. The normalized spacial score (nSPS) is 19.3. The van der Waals surface area contributed by atoms with Gasteiger partial charge in [-0.2, -0.15) is 4.98 Å². The van der Waals surface area contributed by atoms with E-state index in [0.717, 1.165) is 0 Å². The zero-order valence-electron chi connectivity index (χ0n) is 21.9. The summed E-state index contributed by atoms with van der Waals surface area (Å²) in [7, 11) is 2.92. The number of carbonyl (C=O) groups is 1. The number of nitrogens with one attached hydrogen (secondary N) is 1. The van der Waals surface area contributed by atoms with Gasteiger partial charge in [0.1, 0.15) is 11.5 Å². The topological polar surface area (TPSA) is 102 Å². The third-order valence-corrected chi connectivity index (χ3v) is 7.80. The molecule has 4 aromatic rings. The number of anilines is 2. The number of nitrogens with zero attached hydrogens (tertiary/aromatic N) is 4. The molecule has 1 amide bonds. The highest BCUT2D eigenvalue weighted by atomic mass is 35.5. The van der Waals surface area contributed by atoms with E-state index < -0.39 is 23.5 Å². The molecular formula is C28H24Cl2FN5O4. The van der Waals surface area contributed by atoms with Gasteiger partial charge in [0.25, 0.3) is 5.91 Å². The number of halogens is 3. The number of carbonyl (C=O) groups excluding carboxylic acids is 1. The molecule has 4 heterocycles. The Morgan fingerprint density at radius 3 is 2.52 bits per heavy atom. The van der Waals surface area contributed by atoms with Crippen molar-refractivity contribution in [3.05, 3.63) is 87.0 Å². The number of fused-ring (bicyclic) bond motifs is 4. The van der Waals surface area contributed by atoms with E-state index >= 15 is 4.39 Å². The van der Waals surface area contributed by atoms with E-state index in [-0.39, 0.29) is 28.5 Å². The molecule has 206 valence electrons. The van der Waals surface area contributed by atoms with Gasteiger partial charge in [-0.05, 0) is 36.2 Å². The highest BCUT2D eigenvalue weighted by molar-refractivity contribution is 6.31. The summed E-state index contributed by atoms with van der Waals surface area (Å²) >= 11 is 12.6. The molecule has 9 nitrogen and oxygen atoms in total. The summed E-state index contributed by atoms with van der Waals surface area (Å²) in [5, 5.41) is 15.5. The predicted octanol–water partition coefficient (Wildman–Crippen LogP) is 5.56. The molecule has 12 heteroatoms. The monoisotopic (exact) mass is 583 g/mol. The van der Waals surface area contributed by atoms with Crippen molar-refractivity contribution in [2.24, 2.45) is 0 Å². The van der Waals surface area contributed by atoms with Crippen LogP contribution in [0.5, 0.6) is 11.9 Å². The number of aliphatic hydroxyl groups excluding tert-OH is 1. The lowest BCUT2D eigenvalue weighted by molar-refractivity contribution is -0.119. The molecule has 0 saturated carbocycles. The summed E-state index contributed by atoms with van der Waals surface area (Å²) in [4.78, 5) is 24.2. The molecule has 1 unspecified atom stereocenters. The van der Waals surface area contributed by atoms with Crippen LogP contribution in [0.2, 0.25) is 10.0 Å². The summed E-state index contributed by atoms with van der Waals surface area (Å²) in [6.45, 7) is 3.92. The number of rotatable bonds is 5. The fourth-order valence-corrected chi connectivity index (χ4v) is 6.18. The molecule has 6 rings (SSSR count). The van der Waals surface area contributed by atoms with Crippen molar-refractivity contribution in [3.8, 4) is 17.6 Å². The summed E-state index contributed by atoms with van der Waals surface area (Å²) in [5.74, 6) is -1.08. The molecule has 0 fully saturated rings. The van der Waals surface area contributed by atoms with Crippen LogP contribution >= 0.6 is 23.2 Å². The average molecular weight is 584 g/mol. The second kappa shape index (κ2) is 9.36. The van der Waals surface area contributed by atoms with Crippen LogP contribution in [0.3, 0.4) is 0 Å². The van der Waals surface area contributed by atoms with Crippen LogP contribution < -0.4 is 19.7 Å². The summed E-state index contributed by atoms with van der Waals surface area (Å²) < 4.78 is 28.0. The molecule has 0 aliphatic carbocycles. The van der Waals surface area contributed by atoms with Crippen molar-refractivity contribution >= 4 is 40.5 Å². The van der Waals surface area contributed by atoms with Crippen LogP contribution in [0.15, 0.2) is 48.8 Å². The number of ether oxygens (including phenoxy) is 2. The van der Waals surface area contributed by atoms with Crippen LogP contribution in [0, 0.1) is 5.82 Å². The minimum Gasteiger partial charge on any atom is -0.479 e. The molecule has 2 aliphatic rings. The van der Waals surface area contributed by atoms with Gasteiger partial charge in [-0.25, -0.2) is 9.37 Å². The van der Waals surface area contributed by atoms with Crippen molar-refractivity contribution in [3.63, 3.8) is 0 Å². The fourth-order valence-electron chi connectivity index (χ4n) is 5.84. The van der Waals surface area contributed by atoms with Crippen molar-refractivity contribution in [2.45, 2.75) is 31.5 Å². The molecule has 0 saturated heterocycles. The minimum absolute atomic E-state index is 0.0271. The Hall–Kier alpha value is -3.86. The molecule has 40 heavy (non-hydrogen) atoms. The lowest BCUT2D eigenvalue weighted by atomic mass is 9.81. The lowest BCUT2D eigenvalue weighted by Crippen LogP contribution is -2.50. The maximum Gasteiger partial charge on any atom is 0.319 e. The van der Waals surface area contributed by atoms with Crippen LogP contribution in [-0.4, -0.2) is 39.8 Å². The Morgan fingerprint density at radius 2 is 1.82 bits per heavy atom. The van der Waals surface area contributed by atoms with Gasteiger partial charge in [-0.15, -0.1) is 0 Å². The van der Waals surface area contributed by atoms with E-state index in [2.05, 4.69) is 15.3 Å². The highest BCUT2D eigenvalue weighted by Crippen LogP contribution is 2.59. The molecule has 2 aromatic heterocycles. The van der Waals surface area contributed by atoms with Crippen LogP contribution in [0.1, 0.15) is 48.4 Å². The van der Waals surface area contributed by atoms with Gasteiger partial charge in [0, 0.05) is 44.3 Å². The van der Waals surface area contributed by atoms with Crippen LogP contribution in [-0.2, 0) is 10.3 Å². The van der Waals surface area contributed by atoms with Gasteiger partial charge < -0.3 is 29.4 Å². The third kappa shape index (κ3) is 3.52. The summed E-state index contributed by atoms with van der Waals surface area (Å²) in [5.41, 5.74) is 1.33. The zero-order valence-corrected chi connectivity index (χ0v) is 23.4. The Morgan fingerprint density at radius 1 is 1.10 bits per heavy atom. The van der Waals surface area contributed by atoms with E-state index in [0.29, 0.717) is 38.8 Å². The maximum absolute atomic E-state index is 15.5. The van der Waals surface area contributed by atoms with Gasteiger partial charge in [-0.3, -0.25) is 4.79 Å². The smallest absolute Gasteiger partial charge is 0.319 e. The Kier molecular flexibility index (Phi) is 6.17. The van der Waals surface area contributed by atoms with Crippen molar-refractivity contribution in [1.29, 1.82) is 0 Å². The molecule has 2 aliphatic heterocycles. The number of aromatic nitrogens is 3. The number of methoxy groups -OCH3 is 2. The standard InChI is InChI=1S/C28H24Cl2FN5O4/c1-13(2)23-22-16(12-35(23)21-11-32-27(40-4)34-24(21)39-3)25(37)36(20-10-15(30)6-8-18(20)31)28(22)17-7-5-14(29)9-19(17)33-26(28)38/h5-13,25,37H,1-4H3,(H,33,38)/t25-,28?/m0/s1. The molecule has 2 atom stereocenters. The van der Waals surface area contributed by atoms with Crippen molar-refractivity contribution in [2.75, 3.05) is 24.4 Å². The summed E-state index contributed by atoms with van der Waals surface area (Å²) in [6, 6.07) is 9.14. The zero-order chi connectivity index (χ0) is 28.5. The van der Waals surface area contributed by atoms with Crippen molar-refractivity contribution in [1.82, 2.24) is 14.5 Å². The molecule has 1 spiro atoms. The molecule has 0 radical (unpaired) electrons. The van der Waals surface area contributed by atoms with Crippen LogP contribution in [0.4, 0.5) is 15.8 Å². The van der Waals surface area contributed by atoms with E-state index in [1.165, 1.54) is 37.3 Å². The Labute approximate surface area is 239 Å². The Bertz CT molecular complexity index is 1690. The number of hydrogen-bond acceptors (Lipinski definition) is 7. The van der Waals surface area contributed by atoms with Gasteiger partial charge in [0.05, 0.1) is 26.1 Å². The SMILES string of the molecule is COc1ncc(-n2cc3c(c2C(C)C)C2(C(=O)Nc4cc(Cl)ccc42)N(c2cc(Cl)ccc2F)[C@H]3O)c(OC)n1. The van der Waals surface area contributed by atoms with E-state index in [4.69, 9.17) is 32.7 Å². The second-order valence-electron chi connectivity index (χ2n) is 9.81. The first-order valence-electron chi connectivity index (χ1n) is 12.4.